The Morgan fingerprint density at radius 2 is 1.52 bits per heavy atom. The average molecular weight is 463 g/mol. The van der Waals surface area contributed by atoms with Crippen LogP contribution in [0.1, 0.15) is 36.8 Å². The molecule has 10 heteroatoms. The molecule has 0 saturated heterocycles. The lowest BCUT2D eigenvalue weighted by Gasteiger charge is -2.10. The fourth-order valence-electron chi connectivity index (χ4n) is 2.90. The zero-order valence-electron chi connectivity index (χ0n) is 16.6. The van der Waals surface area contributed by atoms with Crippen LogP contribution in [-0.2, 0) is 9.47 Å². The number of aryl methyl sites for hydroxylation is 1. The molecule has 160 valence electrons. The molecule has 0 radical (unpaired) electrons. The van der Waals surface area contributed by atoms with Gasteiger partial charge in [0.15, 0.2) is 0 Å². The van der Waals surface area contributed by atoms with Crippen molar-refractivity contribution in [3.63, 3.8) is 0 Å². The van der Waals surface area contributed by atoms with Gasteiger partial charge in [0.25, 0.3) is 5.91 Å². The predicted octanol–water partition coefficient (Wildman–Crippen LogP) is 4.78. The summed E-state index contributed by atoms with van der Waals surface area (Å²) >= 11 is 12.5. The highest BCUT2D eigenvalue weighted by atomic mass is 35.5. The summed E-state index contributed by atoms with van der Waals surface area (Å²) in [5.74, 6) is -1.76. The Hall–Kier alpha value is -3.36. The summed E-state index contributed by atoms with van der Waals surface area (Å²) in [5.41, 5.74) is 0.853. The number of hydrogen-bond acceptors (Lipinski definition) is 7. The van der Waals surface area contributed by atoms with Crippen molar-refractivity contribution < 1.29 is 28.4 Å². The first-order valence-corrected chi connectivity index (χ1v) is 9.56. The fraction of sp³-hybridized carbons (Fsp3) is 0.143. The van der Waals surface area contributed by atoms with Crippen LogP contribution < -0.4 is 5.32 Å². The molecule has 0 aliphatic rings. The number of aromatic nitrogens is 1. The Morgan fingerprint density at radius 3 is 2.03 bits per heavy atom. The second kappa shape index (κ2) is 9.20. The highest BCUT2D eigenvalue weighted by Gasteiger charge is 2.25. The summed E-state index contributed by atoms with van der Waals surface area (Å²) in [7, 11) is 2.40. The molecular weight excluding hydrogens is 447 g/mol. The van der Waals surface area contributed by atoms with Crippen LogP contribution in [0.4, 0.5) is 5.69 Å². The van der Waals surface area contributed by atoms with Crippen molar-refractivity contribution in [2.75, 3.05) is 19.5 Å². The first kappa shape index (κ1) is 22.3. The van der Waals surface area contributed by atoms with Crippen molar-refractivity contribution in [3.05, 3.63) is 68.9 Å². The number of methoxy groups -OCH3 is 2. The summed E-state index contributed by atoms with van der Waals surface area (Å²) < 4.78 is 14.6. The molecule has 1 heterocycles. The van der Waals surface area contributed by atoms with E-state index in [9.17, 15) is 14.4 Å². The average Bonchev–Trinajstić information content (AvgIpc) is 3.13. The van der Waals surface area contributed by atoms with Crippen LogP contribution in [-0.4, -0.2) is 37.2 Å². The molecule has 0 spiro atoms. The van der Waals surface area contributed by atoms with Gasteiger partial charge in [0.1, 0.15) is 17.0 Å². The highest BCUT2D eigenvalue weighted by Crippen LogP contribution is 2.37. The minimum absolute atomic E-state index is 0.0529. The van der Waals surface area contributed by atoms with Crippen molar-refractivity contribution >= 4 is 46.7 Å². The molecule has 31 heavy (non-hydrogen) atoms. The van der Waals surface area contributed by atoms with E-state index in [-0.39, 0.29) is 43.9 Å². The van der Waals surface area contributed by atoms with Crippen LogP contribution in [0, 0.1) is 6.92 Å². The van der Waals surface area contributed by atoms with E-state index in [0.29, 0.717) is 5.56 Å². The van der Waals surface area contributed by atoms with Crippen molar-refractivity contribution in [3.8, 4) is 11.3 Å². The van der Waals surface area contributed by atoms with Gasteiger partial charge in [-0.1, -0.05) is 34.4 Å². The number of anilines is 1. The van der Waals surface area contributed by atoms with Crippen LogP contribution in [0.5, 0.6) is 0 Å². The molecule has 2 aromatic carbocycles. The highest BCUT2D eigenvalue weighted by molar-refractivity contribution is 6.39. The third-order valence-electron chi connectivity index (χ3n) is 4.32. The number of benzene rings is 2. The summed E-state index contributed by atoms with van der Waals surface area (Å²) in [6, 6.07) is 8.90. The molecule has 0 aliphatic carbocycles. The van der Waals surface area contributed by atoms with Gasteiger partial charge in [-0.05, 0) is 37.3 Å². The number of hydrogen-bond donors (Lipinski definition) is 1. The number of esters is 2. The van der Waals surface area contributed by atoms with Gasteiger partial charge in [0.2, 0.25) is 0 Å². The fourth-order valence-corrected chi connectivity index (χ4v) is 3.48. The molecule has 3 aromatic rings. The number of carbonyl (C=O) groups is 3. The lowest BCUT2D eigenvalue weighted by atomic mass is 10.0. The third-order valence-corrected chi connectivity index (χ3v) is 4.95. The minimum Gasteiger partial charge on any atom is -0.465 e. The van der Waals surface area contributed by atoms with E-state index in [0.717, 1.165) is 0 Å². The van der Waals surface area contributed by atoms with E-state index >= 15 is 0 Å². The third kappa shape index (κ3) is 4.55. The first-order chi connectivity index (χ1) is 14.8. The molecule has 0 fully saturated rings. The number of halogens is 2. The predicted molar refractivity (Wildman–Crippen MR) is 114 cm³/mol. The van der Waals surface area contributed by atoms with Gasteiger partial charge in [0, 0.05) is 11.3 Å². The maximum atomic E-state index is 13.1. The molecule has 0 aliphatic heterocycles. The number of amides is 1. The molecule has 1 N–H and O–H groups in total. The van der Waals surface area contributed by atoms with E-state index in [1.54, 1.807) is 25.1 Å². The van der Waals surface area contributed by atoms with Crippen molar-refractivity contribution in [1.82, 2.24) is 5.16 Å². The largest absolute Gasteiger partial charge is 0.465 e. The molecule has 0 unspecified atom stereocenters. The van der Waals surface area contributed by atoms with Crippen molar-refractivity contribution in [2.24, 2.45) is 0 Å². The van der Waals surface area contributed by atoms with Gasteiger partial charge in [0.05, 0.1) is 35.4 Å². The minimum atomic E-state index is -0.689. The molecule has 1 aromatic heterocycles. The molecule has 1 amide bonds. The number of carbonyl (C=O) groups excluding carboxylic acids is 3. The van der Waals surface area contributed by atoms with Gasteiger partial charge < -0.3 is 19.3 Å². The van der Waals surface area contributed by atoms with Crippen LogP contribution in [0.15, 0.2) is 40.9 Å². The van der Waals surface area contributed by atoms with Crippen molar-refractivity contribution in [2.45, 2.75) is 6.92 Å². The number of ether oxygens (including phenoxy) is 2. The van der Waals surface area contributed by atoms with Crippen LogP contribution in [0.2, 0.25) is 10.0 Å². The molecule has 0 saturated carbocycles. The SMILES string of the molecule is COC(=O)c1cc(NC(=O)c2c(-c3c(Cl)cccc3Cl)noc2C)cc(C(=O)OC)c1. The van der Waals surface area contributed by atoms with Crippen molar-refractivity contribution in [1.29, 1.82) is 0 Å². The summed E-state index contributed by atoms with van der Waals surface area (Å²) in [5, 5.41) is 7.14. The molecular formula is C21H16Cl2N2O6. The van der Waals surface area contributed by atoms with Crippen LogP contribution in [0.3, 0.4) is 0 Å². The monoisotopic (exact) mass is 462 g/mol. The zero-order chi connectivity index (χ0) is 22.7. The van der Waals surface area contributed by atoms with Crippen LogP contribution >= 0.6 is 23.2 Å². The molecule has 0 atom stereocenters. The molecule has 8 nitrogen and oxygen atoms in total. The Balaban J connectivity index is 2.04. The Kier molecular flexibility index (Phi) is 6.62. The smallest absolute Gasteiger partial charge is 0.337 e. The molecule has 3 rings (SSSR count). The van der Waals surface area contributed by atoms with Gasteiger partial charge in [-0.2, -0.15) is 0 Å². The van der Waals surface area contributed by atoms with E-state index in [4.69, 9.17) is 37.2 Å². The lowest BCUT2D eigenvalue weighted by Crippen LogP contribution is -2.15. The van der Waals surface area contributed by atoms with Crippen LogP contribution in [0.25, 0.3) is 11.3 Å². The number of nitrogens with zero attached hydrogens (tertiary/aromatic N) is 1. The van der Waals surface area contributed by atoms with Gasteiger partial charge >= 0.3 is 11.9 Å². The Bertz CT molecular complexity index is 1130. The number of rotatable bonds is 5. The quantitative estimate of drug-likeness (QED) is 0.543. The standard InChI is InChI=1S/C21H16Cl2N2O6/c1-10-16(18(25-31-10)17-14(22)5-4-6-15(17)23)19(26)24-13-8-11(20(27)29-2)7-12(9-13)21(28)30-3/h4-9H,1-3H3,(H,24,26). The molecule has 0 bridgehead atoms. The normalized spacial score (nSPS) is 10.5. The van der Waals surface area contributed by atoms with E-state index in [1.165, 1.54) is 32.4 Å². The second-order valence-electron chi connectivity index (χ2n) is 6.30. The van der Waals surface area contributed by atoms with Gasteiger partial charge in [-0.3, -0.25) is 4.79 Å². The van der Waals surface area contributed by atoms with E-state index in [1.807, 2.05) is 0 Å². The first-order valence-electron chi connectivity index (χ1n) is 8.80. The zero-order valence-corrected chi connectivity index (χ0v) is 18.1. The summed E-state index contributed by atoms with van der Waals surface area (Å²) in [6.45, 7) is 1.56. The lowest BCUT2D eigenvalue weighted by molar-refractivity contribution is 0.0599. The Morgan fingerprint density at radius 1 is 0.968 bits per heavy atom. The van der Waals surface area contributed by atoms with Gasteiger partial charge in [-0.15, -0.1) is 0 Å². The van der Waals surface area contributed by atoms with E-state index < -0.39 is 17.8 Å². The maximum absolute atomic E-state index is 13.1. The number of nitrogens with one attached hydrogen (secondary N) is 1. The van der Waals surface area contributed by atoms with Gasteiger partial charge in [-0.25, -0.2) is 9.59 Å². The Labute approximate surface area is 187 Å². The topological polar surface area (TPSA) is 108 Å². The summed E-state index contributed by atoms with van der Waals surface area (Å²) in [6.07, 6.45) is 0. The second-order valence-corrected chi connectivity index (χ2v) is 7.11. The van der Waals surface area contributed by atoms with E-state index in [2.05, 4.69) is 10.5 Å². The maximum Gasteiger partial charge on any atom is 0.337 e. The summed E-state index contributed by atoms with van der Waals surface area (Å²) in [4.78, 5) is 37.0.